The lowest BCUT2D eigenvalue weighted by molar-refractivity contribution is -0.112. The number of hydrogen-bond donors (Lipinski definition) is 2. The molecule has 0 amide bonds. The molecular weight excluding hydrogens is 222 g/mol. The minimum absolute atomic E-state index is 0. The lowest BCUT2D eigenvalue weighted by Gasteiger charge is -2.03. The van der Waals surface area contributed by atoms with Crippen LogP contribution in [0, 0.1) is 0 Å². The van der Waals surface area contributed by atoms with E-state index in [9.17, 15) is 4.79 Å². The van der Waals surface area contributed by atoms with E-state index in [4.69, 9.17) is 23.1 Å². The second kappa shape index (κ2) is 11.5. The number of carbonyl (C=O) groups excluding carboxylic acids is 1. The summed E-state index contributed by atoms with van der Waals surface area (Å²) >= 11 is 5.11. The quantitative estimate of drug-likeness (QED) is 0.555. The molecule has 12 heavy (non-hydrogen) atoms. The SMILES string of the molecule is Cl.Cl.NCCCC[C@H](N)C(=O)Cl. The van der Waals surface area contributed by atoms with Crippen molar-refractivity contribution in [3.8, 4) is 0 Å². The number of carbonyl (C=O) groups is 1. The fraction of sp³-hybridized carbons (Fsp3) is 0.833. The van der Waals surface area contributed by atoms with Crippen LogP contribution in [0.5, 0.6) is 0 Å². The summed E-state index contributed by atoms with van der Waals surface area (Å²) in [7, 11) is 0. The van der Waals surface area contributed by atoms with E-state index < -0.39 is 11.3 Å². The number of unbranched alkanes of at least 4 members (excludes halogenated alkanes) is 1. The van der Waals surface area contributed by atoms with Gasteiger partial charge in [0.25, 0.3) is 0 Å². The first-order chi connectivity index (χ1) is 4.68. The average molecular weight is 238 g/mol. The summed E-state index contributed by atoms with van der Waals surface area (Å²) in [4.78, 5) is 10.3. The van der Waals surface area contributed by atoms with E-state index in [2.05, 4.69) is 0 Å². The van der Waals surface area contributed by atoms with Crippen LogP contribution in [0.2, 0.25) is 0 Å². The van der Waals surface area contributed by atoms with Crippen molar-refractivity contribution < 1.29 is 4.79 Å². The number of halogens is 3. The highest BCUT2D eigenvalue weighted by Crippen LogP contribution is 2.00. The molecule has 1 atom stereocenters. The zero-order chi connectivity index (χ0) is 7.98. The molecule has 0 aromatic heterocycles. The van der Waals surface area contributed by atoms with E-state index in [1.165, 1.54) is 0 Å². The zero-order valence-corrected chi connectivity index (χ0v) is 9.05. The standard InChI is InChI=1S/C6H13ClN2O.2ClH/c7-6(10)5(9)3-1-2-4-8;;/h5H,1-4,8-9H2;2*1H/t5-;;/m0../s1. The molecule has 0 rings (SSSR count). The van der Waals surface area contributed by atoms with Crippen LogP contribution in [0.4, 0.5) is 0 Å². The van der Waals surface area contributed by atoms with Crippen LogP contribution in [0.1, 0.15) is 19.3 Å². The van der Waals surface area contributed by atoms with Crippen molar-refractivity contribution in [3.63, 3.8) is 0 Å². The second-order valence-electron chi connectivity index (χ2n) is 2.20. The van der Waals surface area contributed by atoms with E-state index in [0.29, 0.717) is 13.0 Å². The molecule has 0 aromatic carbocycles. The van der Waals surface area contributed by atoms with E-state index in [1.54, 1.807) is 0 Å². The van der Waals surface area contributed by atoms with Crippen molar-refractivity contribution in [2.75, 3.05) is 6.54 Å². The largest absolute Gasteiger partial charge is 0.330 e. The molecule has 0 fully saturated rings. The first kappa shape index (κ1) is 18.3. The molecule has 0 spiro atoms. The van der Waals surface area contributed by atoms with E-state index in [-0.39, 0.29) is 24.8 Å². The summed E-state index contributed by atoms with van der Waals surface area (Å²) in [5, 5.41) is -0.461. The molecule has 4 N–H and O–H groups in total. The van der Waals surface area contributed by atoms with Gasteiger partial charge in [-0.15, -0.1) is 24.8 Å². The third kappa shape index (κ3) is 10.5. The normalized spacial score (nSPS) is 10.9. The van der Waals surface area contributed by atoms with Gasteiger partial charge in [0.05, 0.1) is 6.04 Å². The predicted octanol–water partition coefficient (Wildman–Crippen LogP) is 1.05. The molecule has 3 nitrogen and oxygen atoms in total. The maximum absolute atomic E-state index is 10.3. The summed E-state index contributed by atoms with van der Waals surface area (Å²) in [5.41, 5.74) is 10.6. The Balaban J connectivity index is -0.000000405. The van der Waals surface area contributed by atoms with Gasteiger partial charge in [-0.3, -0.25) is 4.79 Å². The van der Waals surface area contributed by atoms with Crippen LogP contribution >= 0.6 is 36.4 Å². The third-order valence-electron chi connectivity index (χ3n) is 1.26. The van der Waals surface area contributed by atoms with E-state index in [0.717, 1.165) is 12.8 Å². The van der Waals surface area contributed by atoms with E-state index in [1.807, 2.05) is 0 Å². The van der Waals surface area contributed by atoms with Gasteiger partial charge in [0, 0.05) is 0 Å². The molecule has 6 heteroatoms. The Morgan fingerprint density at radius 1 is 1.33 bits per heavy atom. The average Bonchev–Trinajstić information content (AvgIpc) is 1.88. The first-order valence-electron chi connectivity index (χ1n) is 3.33. The molecule has 0 saturated carbocycles. The second-order valence-corrected chi connectivity index (χ2v) is 2.57. The number of hydrogen-bond acceptors (Lipinski definition) is 3. The van der Waals surface area contributed by atoms with Crippen molar-refractivity contribution in [2.45, 2.75) is 25.3 Å². The lowest BCUT2D eigenvalue weighted by atomic mass is 10.1. The Kier molecular flexibility index (Phi) is 17.5. The fourth-order valence-electron chi connectivity index (χ4n) is 0.622. The monoisotopic (exact) mass is 236 g/mol. The van der Waals surface area contributed by atoms with Gasteiger partial charge in [0.15, 0.2) is 0 Å². The number of rotatable bonds is 5. The molecule has 0 saturated heterocycles. The molecule has 0 aliphatic heterocycles. The maximum atomic E-state index is 10.3. The van der Waals surface area contributed by atoms with Gasteiger partial charge in [-0.25, -0.2) is 0 Å². The third-order valence-corrected chi connectivity index (χ3v) is 1.54. The molecule has 0 aliphatic rings. The van der Waals surface area contributed by atoms with Crippen molar-refractivity contribution in [1.82, 2.24) is 0 Å². The molecule has 0 heterocycles. The molecule has 0 bridgehead atoms. The van der Waals surface area contributed by atoms with Crippen LogP contribution in [0.15, 0.2) is 0 Å². The minimum Gasteiger partial charge on any atom is -0.330 e. The Morgan fingerprint density at radius 2 is 1.83 bits per heavy atom. The lowest BCUT2D eigenvalue weighted by Crippen LogP contribution is -2.26. The minimum atomic E-state index is -0.506. The highest BCUT2D eigenvalue weighted by molar-refractivity contribution is 6.64. The molecule has 0 radical (unpaired) electrons. The van der Waals surface area contributed by atoms with Gasteiger partial charge in [0.2, 0.25) is 5.24 Å². The Morgan fingerprint density at radius 3 is 2.17 bits per heavy atom. The van der Waals surface area contributed by atoms with Crippen LogP contribution in [-0.2, 0) is 4.79 Å². The van der Waals surface area contributed by atoms with Crippen molar-refractivity contribution in [2.24, 2.45) is 11.5 Å². The van der Waals surface area contributed by atoms with Crippen LogP contribution in [0.3, 0.4) is 0 Å². The highest BCUT2D eigenvalue weighted by atomic mass is 35.5. The number of nitrogens with two attached hydrogens (primary N) is 2. The Bertz CT molecular complexity index is 113. The fourth-order valence-corrected chi connectivity index (χ4v) is 0.731. The summed E-state index contributed by atoms with van der Waals surface area (Å²) in [5.74, 6) is 0. The molecular formula is C6H15Cl3N2O. The van der Waals surface area contributed by atoms with Gasteiger partial charge >= 0.3 is 0 Å². The topological polar surface area (TPSA) is 69.1 Å². The van der Waals surface area contributed by atoms with Gasteiger partial charge in [-0.05, 0) is 31.0 Å². The summed E-state index contributed by atoms with van der Waals surface area (Å²) < 4.78 is 0. The molecule has 0 unspecified atom stereocenters. The van der Waals surface area contributed by atoms with Crippen LogP contribution in [0.25, 0.3) is 0 Å². The predicted molar refractivity (Wildman–Crippen MR) is 56.2 cm³/mol. The molecule has 0 aromatic rings. The highest BCUT2D eigenvalue weighted by Gasteiger charge is 2.08. The van der Waals surface area contributed by atoms with Crippen molar-refractivity contribution in [1.29, 1.82) is 0 Å². The van der Waals surface area contributed by atoms with Crippen LogP contribution in [-0.4, -0.2) is 17.8 Å². The Hall–Kier alpha value is 0.460. The van der Waals surface area contributed by atoms with Gasteiger partial charge < -0.3 is 11.5 Å². The van der Waals surface area contributed by atoms with Crippen molar-refractivity contribution in [3.05, 3.63) is 0 Å². The summed E-state index contributed by atoms with van der Waals surface area (Å²) in [6, 6.07) is -0.506. The maximum Gasteiger partial charge on any atom is 0.238 e. The van der Waals surface area contributed by atoms with Gasteiger partial charge in [0.1, 0.15) is 0 Å². The van der Waals surface area contributed by atoms with Gasteiger partial charge in [-0.1, -0.05) is 6.42 Å². The van der Waals surface area contributed by atoms with Gasteiger partial charge in [-0.2, -0.15) is 0 Å². The van der Waals surface area contributed by atoms with Crippen LogP contribution < -0.4 is 11.5 Å². The Labute approximate surface area is 90.0 Å². The summed E-state index contributed by atoms with van der Waals surface area (Å²) in [6.07, 6.45) is 2.41. The first-order valence-corrected chi connectivity index (χ1v) is 3.71. The zero-order valence-electron chi connectivity index (χ0n) is 6.66. The van der Waals surface area contributed by atoms with Crippen molar-refractivity contribution >= 4 is 41.7 Å². The van der Waals surface area contributed by atoms with E-state index >= 15 is 0 Å². The smallest absolute Gasteiger partial charge is 0.238 e. The molecule has 76 valence electrons. The summed E-state index contributed by atoms with van der Waals surface area (Å²) in [6.45, 7) is 0.642. The molecule has 0 aliphatic carbocycles.